The van der Waals surface area contributed by atoms with Crippen LogP contribution in [0.3, 0.4) is 0 Å². The largest absolute Gasteiger partial charge is 0.490 e. The van der Waals surface area contributed by atoms with Gasteiger partial charge in [-0.15, -0.1) is 0 Å². The van der Waals surface area contributed by atoms with E-state index in [1.54, 1.807) is 4.90 Å². The minimum absolute atomic E-state index is 0.00571. The fourth-order valence-electron chi connectivity index (χ4n) is 5.40. The highest BCUT2D eigenvalue weighted by Crippen LogP contribution is 2.34. The molecule has 17 heteroatoms. The van der Waals surface area contributed by atoms with Crippen molar-refractivity contribution in [3.63, 3.8) is 0 Å². The topological polar surface area (TPSA) is 207 Å². The number of aliphatic carboxylic acids is 1. The quantitative estimate of drug-likeness (QED) is 0.140. The number of halogens is 3. The van der Waals surface area contributed by atoms with E-state index in [1.165, 1.54) is 10.9 Å². The molecule has 0 spiro atoms. The van der Waals surface area contributed by atoms with E-state index in [4.69, 9.17) is 19.6 Å². The number of anilines is 2. The van der Waals surface area contributed by atoms with Crippen molar-refractivity contribution < 1.29 is 53.3 Å². The third-order valence-corrected chi connectivity index (χ3v) is 7.86. The van der Waals surface area contributed by atoms with E-state index in [1.807, 2.05) is 36.4 Å². The average Bonchev–Trinajstić information content (AvgIpc) is 3.72. The lowest BCUT2D eigenvalue weighted by molar-refractivity contribution is -0.192. The fraction of sp³-hybridized carbons (Fsp3) is 0.400. The molecule has 2 aliphatic heterocycles. The molecule has 4 heterocycles. The van der Waals surface area contributed by atoms with E-state index < -0.39 is 55.5 Å². The molecule has 6 atom stereocenters. The predicted molar refractivity (Wildman–Crippen MR) is 159 cm³/mol. The van der Waals surface area contributed by atoms with Gasteiger partial charge in [-0.3, -0.25) is 4.57 Å². The molecule has 0 amide bonds. The van der Waals surface area contributed by atoms with Crippen molar-refractivity contribution in [2.75, 3.05) is 36.5 Å². The van der Waals surface area contributed by atoms with E-state index in [2.05, 4.69) is 39.6 Å². The zero-order valence-electron chi connectivity index (χ0n) is 24.6. The van der Waals surface area contributed by atoms with E-state index >= 15 is 0 Å². The molecule has 14 nitrogen and oxygen atoms in total. The minimum Gasteiger partial charge on any atom is -0.475 e. The molecule has 0 aliphatic carbocycles. The third-order valence-electron chi connectivity index (χ3n) is 7.86. The zero-order chi connectivity index (χ0) is 33.9. The number of imidazole rings is 1. The number of alkyl halides is 3. The van der Waals surface area contributed by atoms with Gasteiger partial charge in [0, 0.05) is 25.6 Å². The van der Waals surface area contributed by atoms with Crippen molar-refractivity contribution in [2.24, 2.45) is 0 Å². The van der Waals surface area contributed by atoms with Gasteiger partial charge in [-0.1, -0.05) is 60.7 Å². The van der Waals surface area contributed by atoms with Gasteiger partial charge in [-0.25, -0.2) is 9.78 Å². The number of carboxylic acids is 1. The van der Waals surface area contributed by atoms with Crippen LogP contribution in [-0.2, 0) is 9.53 Å². The van der Waals surface area contributed by atoms with Crippen molar-refractivity contribution in [3.05, 3.63) is 78.1 Å². The van der Waals surface area contributed by atoms with Gasteiger partial charge in [-0.05, 0) is 11.1 Å². The van der Waals surface area contributed by atoms with Gasteiger partial charge >= 0.3 is 12.1 Å². The molecule has 0 radical (unpaired) electrons. The summed E-state index contributed by atoms with van der Waals surface area (Å²) in [4.78, 5) is 24.5. The molecule has 0 saturated carbocycles. The van der Waals surface area contributed by atoms with E-state index in [0.29, 0.717) is 23.5 Å². The van der Waals surface area contributed by atoms with Crippen LogP contribution in [0.1, 0.15) is 23.3 Å². The van der Waals surface area contributed by atoms with Crippen LogP contribution in [0.2, 0.25) is 0 Å². The summed E-state index contributed by atoms with van der Waals surface area (Å²) in [6, 6.07) is 20.2. The lowest BCUT2D eigenvalue weighted by atomic mass is 9.91. The Kier molecular flexibility index (Phi) is 10.2. The number of β-amino-alcohol motifs (C(OH)–C–C–N with tert-alkyl or cyclic N) is 2. The summed E-state index contributed by atoms with van der Waals surface area (Å²) in [6.07, 6.45) is -10.1. The maximum atomic E-state index is 10.7. The zero-order valence-corrected chi connectivity index (χ0v) is 24.6. The predicted octanol–water partition coefficient (Wildman–Crippen LogP) is 0.857. The number of aliphatic hydroxyl groups excluding tert-OH is 5. The Morgan fingerprint density at radius 1 is 0.936 bits per heavy atom. The second-order valence-corrected chi connectivity index (χ2v) is 11.0. The molecule has 2 aromatic heterocycles. The van der Waals surface area contributed by atoms with Crippen LogP contribution in [0.4, 0.5) is 24.9 Å². The number of hydrogen-bond acceptors (Lipinski definition) is 12. The summed E-state index contributed by atoms with van der Waals surface area (Å²) >= 11 is 0. The second kappa shape index (κ2) is 14.2. The number of aliphatic hydroxyl groups is 5. The van der Waals surface area contributed by atoms with Gasteiger partial charge in [0.25, 0.3) is 0 Å². The molecule has 7 N–H and O–H groups in total. The highest BCUT2D eigenvalue weighted by molar-refractivity contribution is 5.84. The fourth-order valence-corrected chi connectivity index (χ4v) is 5.40. The van der Waals surface area contributed by atoms with E-state index in [0.717, 1.165) is 11.1 Å². The number of fused-ring (bicyclic) bond motifs is 1. The van der Waals surface area contributed by atoms with Gasteiger partial charge in [0.2, 0.25) is 5.95 Å². The summed E-state index contributed by atoms with van der Waals surface area (Å²) in [5, 5.41) is 61.4. The normalized spacial score (nSPS) is 24.4. The van der Waals surface area contributed by atoms with Crippen molar-refractivity contribution in [1.29, 1.82) is 0 Å². The molecule has 2 fully saturated rings. The van der Waals surface area contributed by atoms with Crippen LogP contribution in [0, 0.1) is 0 Å². The van der Waals surface area contributed by atoms with Crippen LogP contribution >= 0.6 is 0 Å². The maximum Gasteiger partial charge on any atom is 0.490 e. The van der Waals surface area contributed by atoms with Crippen LogP contribution in [0.15, 0.2) is 67.0 Å². The van der Waals surface area contributed by atoms with E-state index in [9.17, 15) is 38.7 Å². The number of nitrogens with one attached hydrogen (secondary N) is 1. The first-order valence-electron chi connectivity index (χ1n) is 14.5. The Morgan fingerprint density at radius 2 is 1.49 bits per heavy atom. The first-order chi connectivity index (χ1) is 22.4. The molecule has 2 saturated heterocycles. The van der Waals surface area contributed by atoms with E-state index in [-0.39, 0.29) is 25.0 Å². The first kappa shape index (κ1) is 34.0. The van der Waals surface area contributed by atoms with Crippen molar-refractivity contribution >= 4 is 28.9 Å². The van der Waals surface area contributed by atoms with Gasteiger partial charge in [0.1, 0.15) is 18.3 Å². The Labute approximate surface area is 265 Å². The average molecular weight is 663 g/mol. The molecule has 252 valence electrons. The number of hydrogen-bond donors (Lipinski definition) is 7. The molecular formula is C30H33F3N6O8. The number of carboxylic acid groups (broad SMARTS) is 1. The summed E-state index contributed by atoms with van der Waals surface area (Å²) in [6.45, 7) is 0.305. The number of ether oxygens (including phenoxy) is 1. The summed E-state index contributed by atoms with van der Waals surface area (Å²) in [7, 11) is 0. The van der Waals surface area contributed by atoms with Gasteiger partial charge < -0.3 is 45.6 Å². The first-order valence-corrected chi connectivity index (χ1v) is 14.5. The van der Waals surface area contributed by atoms with Crippen LogP contribution in [0.5, 0.6) is 0 Å². The number of rotatable bonds is 8. The molecule has 0 bridgehead atoms. The molecule has 6 rings (SSSR count). The van der Waals surface area contributed by atoms with Gasteiger partial charge in [0.05, 0.1) is 25.1 Å². The minimum atomic E-state index is -5.08. The summed E-state index contributed by atoms with van der Waals surface area (Å²) in [5.74, 6) is -2.07. The Balaban J connectivity index is 0.000000559. The van der Waals surface area contributed by atoms with Crippen LogP contribution in [-0.4, -0.2) is 119 Å². The lowest BCUT2D eigenvalue weighted by Gasteiger charge is -2.21. The Hall–Kier alpha value is -4.39. The smallest absolute Gasteiger partial charge is 0.475 e. The van der Waals surface area contributed by atoms with Crippen molar-refractivity contribution in [1.82, 2.24) is 19.5 Å². The highest BCUT2D eigenvalue weighted by atomic mass is 19.4. The third kappa shape index (κ3) is 7.45. The van der Waals surface area contributed by atoms with Crippen molar-refractivity contribution in [2.45, 2.75) is 48.8 Å². The highest BCUT2D eigenvalue weighted by Gasteiger charge is 2.44. The van der Waals surface area contributed by atoms with Gasteiger partial charge in [0.15, 0.2) is 23.2 Å². The monoisotopic (exact) mass is 662 g/mol. The summed E-state index contributed by atoms with van der Waals surface area (Å²) < 4.78 is 39.0. The van der Waals surface area contributed by atoms with Crippen LogP contribution in [0.25, 0.3) is 11.2 Å². The molecule has 0 unspecified atom stereocenters. The molecule has 47 heavy (non-hydrogen) atoms. The molecular weight excluding hydrogens is 629 g/mol. The SMILES string of the molecule is O=C(O)C(F)(F)F.OC[C@H]1O[C@@H](n2cnc3c(NCC(c4ccccc4)c4ccccc4)nc(N4C[C@@H](O)[C@H](O)C4)nc32)[C@H](O)[C@@H]1O. The number of carbonyl (C=O) groups is 1. The molecule has 4 aromatic rings. The van der Waals surface area contributed by atoms with Gasteiger partial charge in [-0.2, -0.15) is 23.1 Å². The second-order valence-electron chi connectivity index (χ2n) is 11.0. The number of benzene rings is 2. The standard InChI is InChI=1S/C28H32N6O6.C2HF3O2/c35-14-21-23(38)24(39)27(40-21)34-15-30-22-25(31-28(32-26(22)34)33-12-19(36)20(37)13-33)29-11-18(16-7-3-1-4-8-16)17-9-5-2-6-10-17;3-2(4,5)1(6)7/h1-10,15,18-21,23-24,27,35-39H,11-14H2,(H,29,31,32);(H,6,7)/t19-,20-,21-,23-,24-,27-;/m1./s1. The lowest BCUT2D eigenvalue weighted by Crippen LogP contribution is -2.33. The molecule has 2 aliphatic rings. The Morgan fingerprint density at radius 3 is 1.98 bits per heavy atom. The summed E-state index contributed by atoms with van der Waals surface area (Å²) in [5.41, 5.74) is 2.99. The Bertz CT molecular complexity index is 1600. The van der Waals surface area contributed by atoms with Crippen molar-refractivity contribution in [3.8, 4) is 0 Å². The van der Waals surface area contributed by atoms with Crippen LogP contribution < -0.4 is 10.2 Å². The number of nitrogens with zero attached hydrogens (tertiary/aromatic N) is 5. The maximum absolute atomic E-state index is 10.7. The molecule has 2 aromatic carbocycles. The number of aromatic nitrogens is 4.